The number of benzene rings is 1. The Kier molecular flexibility index (Phi) is 4.94. The van der Waals surface area contributed by atoms with Crippen LogP contribution in [0.25, 0.3) is 0 Å². The van der Waals surface area contributed by atoms with Crippen LogP contribution < -0.4 is 0 Å². The third-order valence-electron chi connectivity index (χ3n) is 3.28. The van der Waals surface area contributed by atoms with E-state index in [4.69, 9.17) is 4.74 Å². The molecule has 1 rings (SSSR count). The zero-order chi connectivity index (χ0) is 13.9. The molecule has 1 aromatic carbocycles. The van der Waals surface area contributed by atoms with E-state index in [0.717, 1.165) is 12.0 Å². The van der Waals surface area contributed by atoms with Crippen LogP contribution in [0.3, 0.4) is 0 Å². The van der Waals surface area contributed by atoms with Crippen molar-refractivity contribution in [3.05, 3.63) is 34.4 Å². The fraction of sp³-hybridized carbons (Fsp3) is 0.562. The second kappa shape index (κ2) is 6.03. The minimum atomic E-state index is -0.143. The summed E-state index contributed by atoms with van der Waals surface area (Å²) in [5, 5.41) is 0. The molecule has 1 aromatic rings. The summed E-state index contributed by atoms with van der Waals surface area (Å²) in [6, 6.07) is 4.28. The van der Waals surface area contributed by atoms with E-state index >= 15 is 0 Å². The van der Waals surface area contributed by atoms with Gasteiger partial charge in [-0.1, -0.05) is 31.5 Å². The van der Waals surface area contributed by atoms with Crippen molar-refractivity contribution < 1.29 is 9.53 Å². The largest absolute Gasteiger partial charge is 0.469 e. The van der Waals surface area contributed by atoms with Crippen LogP contribution in [0.2, 0.25) is 0 Å². The van der Waals surface area contributed by atoms with Crippen molar-refractivity contribution in [2.75, 3.05) is 7.11 Å². The maximum atomic E-state index is 12.0. The number of ether oxygens (including phenoxy) is 1. The van der Waals surface area contributed by atoms with E-state index in [2.05, 4.69) is 46.8 Å². The number of hydrogen-bond donors (Lipinski definition) is 0. The highest BCUT2D eigenvalue weighted by molar-refractivity contribution is 5.79. The number of methoxy groups -OCH3 is 1. The molecule has 0 aromatic heterocycles. The Morgan fingerprint density at radius 2 is 1.67 bits per heavy atom. The Morgan fingerprint density at radius 1 is 1.17 bits per heavy atom. The van der Waals surface area contributed by atoms with Crippen LogP contribution >= 0.6 is 0 Å². The van der Waals surface area contributed by atoms with E-state index in [1.807, 2.05) is 0 Å². The van der Waals surface area contributed by atoms with E-state index < -0.39 is 0 Å². The van der Waals surface area contributed by atoms with E-state index in [1.54, 1.807) is 0 Å². The smallest absolute Gasteiger partial charge is 0.313 e. The van der Waals surface area contributed by atoms with Crippen molar-refractivity contribution in [3.63, 3.8) is 0 Å². The van der Waals surface area contributed by atoms with Crippen LogP contribution in [0.5, 0.6) is 0 Å². The van der Waals surface area contributed by atoms with Gasteiger partial charge in [-0.3, -0.25) is 4.79 Å². The molecular weight excluding hydrogens is 224 g/mol. The Morgan fingerprint density at radius 3 is 2.06 bits per heavy atom. The Labute approximate surface area is 110 Å². The summed E-state index contributed by atoms with van der Waals surface area (Å²) in [7, 11) is 1.47. The molecule has 0 saturated heterocycles. The van der Waals surface area contributed by atoms with Crippen LogP contribution in [0, 0.1) is 26.7 Å². The van der Waals surface area contributed by atoms with E-state index in [-0.39, 0.29) is 11.9 Å². The number of rotatable bonds is 4. The standard InChI is InChI=1S/C16H24O2/c1-10(2)7-14(16(17)18-6)15-12(4)8-11(3)9-13(15)5/h8-10,14H,7H2,1-6H3. The van der Waals surface area contributed by atoms with Gasteiger partial charge in [-0.2, -0.15) is 0 Å². The van der Waals surface area contributed by atoms with Gasteiger partial charge in [-0.05, 0) is 49.8 Å². The molecule has 0 saturated carbocycles. The molecule has 1 unspecified atom stereocenters. The highest BCUT2D eigenvalue weighted by Gasteiger charge is 2.25. The van der Waals surface area contributed by atoms with Crippen molar-refractivity contribution >= 4 is 5.97 Å². The van der Waals surface area contributed by atoms with Gasteiger partial charge in [-0.15, -0.1) is 0 Å². The highest BCUT2D eigenvalue weighted by Crippen LogP contribution is 2.31. The first-order chi connectivity index (χ1) is 8.36. The van der Waals surface area contributed by atoms with E-state index in [1.165, 1.54) is 23.8 Å². The number of aryl methyl sites for hydroxylation is 3. The summed E-state index contributed by atoms with van der Waals surface area (Å²) in [6.45, 7) is 10.5. The predicted molar refractivity (Wildman–Crippen MR) is 74.9 cm³/mol. The first-order valence-corrected chi connectivity index (χ1v) is 6.52. The lowest BCUT2D eigenvalue weighted by molar-refractivity contribution is -0.142. The van der Waals surface area contributed by atoms with Gasteiger partial charge in [-0.25, -0.2) is 0 Å². The fourth-order valence-electron chi connectivity index (χ4n) is 2.69. The lowest BCUT2D eigenvalue weighted by Gasteiger charge is -2.21. The number of carbonyl (C=O) groups excluding carboxylic acids is 1. The first kappa shape index (κ1) is 14.7. The third-order valence-corrected chi connectivity index (χ3v) is 3.28. The molecule has 2 nitrogen and oxygen atoms in total. The quantitative estimate of drug-likeness (QED) is 0.755. The molecule has 0 heterocycles. The molecule has 0 amide bonds. The predicted octanol–water partition coefficient (Wildman–Crippen LogP) is 3.91. The molecule has 0 radical (unpaired) electrons. The molecule has 0 aliphatic rings. The highest BCUT2D eigenvalue weighted by atomic mass is 16.5. The van der Waals surface area contributed by atoms with Crippen LogP contribution in [0.4, 0.5) is 0 Å². The average molecular weight is 248 g/mol. The molecule has 100 valence electrons. The van der Waals surface area contributed by atoms with Gasteiger partial charge < -0.3 is 4.74 Å². The maximum Gasteiger partial charge on any atom is 0.313 e. The normalized spacial score (nSPS) is 12.6. The van der Waals surface area contributed by atoms with Crippen LogP contribution in [-0.4, -0.2) is 13.1 Å². The van der Waals surface area contributed by atoms with Gasteiger partial charge in [0.25, 0.3) is 0 Å². The van der Waals surface area contributed by atoms with Crippen LogP contribution in [0.1, 0.15) is 48.4 Å². The van der Waals surface area contributed by atoms with Gasteiger partial charge in [0.1, 0.15) is 0 Å². The molecule has 0 bridgehead atoms. The molecule has 1 atom stereocenters. The van der Waals surface area contributed by atoms with Gasteiger partial charge in [0.15, 0.2) is 0 Å². The third kappa shape index (κ3) is 3.34. The van der Waals surface area contributed by atoms with Crippen LogP contribution in [0.15, 0.2) is 12.1 Å². The molecule has 2 heteroatoms. The zero-order valence-electron chi connectivity index (χ0n) is 12.3. The second-order valence-electron chi connectivity index (χ2n) is 5.52. The van der Waals surface area contributed by atoms with Gasteiger partial charge in [0.2, 0.25) is 0 Å². The molecule has 0 N–H and O–H groups in total. The lowest BCUT2D eigenvalue weighted by atomic mass is 9.84. The van der Waals surface area contributed by atoms with Gasteiger partial charge >= 0.3 is 5.97 Å². The van der Waals surface area contributed by atoms with Crippen LogP contribution in [-0.2, 0) is 9.53 Å². The van der Waals surface area contributed by atoms with E-state index in [0.29, 0.717) is 5.92 Å². The molecule has 0 aliphatic heterocycles. The number of esters is 1. The number of carbonyl (C=O) groups is 1. The monoisotopic (exact) mass is 248 g/mol. The Balaban J connectivity index is 3.24. The van der Waals surface area contributed by atoms with E-state index in [9.17, 15) is 4.79 Å². The minimum absolute atomic E-state index is 0.126. The lowest BCUT2D eigenvalue weighted by Crippen LogP contribution is -2.18. The summed E-state index contributed by atoms with van der Waals surface area (Å²) in [4.78, 5) is 12.0. The summed E-state index contributed by atoms with van der Waals surface area (Å²) < 4.78 is 4.97. The topological polar surface area (TPSA) is 26.3 Å². The van der Waals surface area contributed by atoms with Crippen molar-refractivity contribution in [1.29, 1.82) is 0 Å². The number of hydrogen-bond acceptors (Lipinski definition) is 2. The zero-order valence-corrected chi connectivity index (χ0v) is 12.3. The van der Waals surface area contributed by atoms with Gasteiger partial charge in [0, 0.05) is 0 Å². The molecule has 18 heavy (non-hydrogen) atoms. The molecule has 0 aliphatic carbocycles. The van der Waals surface area contributed by atoms with Crippen molar-refractivity contribution in [2.45, 2.75) is 47.0 Å². The Bertz CT molecular complexity index is 410. The average Bonchev–Trinajstić information content (AvgIpc) is 2.24. The summed E-state index contributed by atoms with van der Waals surface area (Å²) in [5.74, 6) is 0.198. The maximum absolute atomic E-state index is 12.0. The van der Waals surface area contributed by atoms with Crippen molar-refractivity contribution in [2.24, 2.45) is 5.92 Å². The fourth-order valence-corrected chi connectivity index (χ4v) is 2.69. The molecular formula is C16H24O2. The summed E-state index contributed by atoms with van der Waals surface area (Å²) in [5.41, 5.74) is 4.75. The molecule has 0 spiro atoms. The minimum Gasteiger partial charge on any atom is -0.469 e. The summed E-state index contributed by atoms with van der Waals surface area (Å²) in [6.07, 6.45) is 0.831. The SMILES string of the molecule is COC(=O)C(CC(C)C)c1c(C)cc(C)cc1C. The second-order valence-corrected chi connectivity index (χ2v) is 5.52. The first-order valence-electron chi connectivity index (χ1n) is 6.52. The van der Waals surface area contributed by atoms with Crippen molar-refractivity contribution in [3.8, 4) is 0 Å². The Hall–Kier alpha value is -1.31. The van der Waals surface area contributed by atoms with Gasteiger partial charge in [0.05, 0.1) is 13.0 Å². The molecule has 0 fully saturated rings. The van der Waals surface area contributed by atoms with Crippen molar-refractivity contribution in [1.82, 2.24) is 0 Å². The summed E-state index contributed by atoms with van der Waals surface area (Å²) >= 11 is 0.